The molecule has 1 atom stereocenters. The van der Waals surface area contributed by atoms with Crippen LogP contribution in [0.2, 0.25) is 0 Å². The molecule has 0 saturated carbocycles. The summed E-state index contributed by atoms with van der Waals surface area (Å²) >= 11 is 0. The molecule has 3 heteroatoms. The summed E-state index contributed by atoms with van der Waals surface area (Å²) in [5.74, 6) is 0. The standard InChI is InChI=1S/C6H14FNO/c1-6(7)3-2-4-9-5-8/h6H,2-5,8H2,1H3. The van der Waals surface area contributed by atoms with Crippen LogP contribution < -0.4 is 5.73 Å². The van der Waals surface area contributed by atoms with Gasteiger partial charge in [0.1, 0.15) is 0 Å². The second-order valence-electron chi connectivity index (χ2n) is 2.00. The summed E-state index contributed by atoms with van der Waals surface area (Å²) < 4.78 is 16.8. The smallest absolute Gasteiger partial charge is 0.0974 e. The highest BCUT2D eigenvalue weighted by Gasteiger charge is 1.95. The van der Waals surface area contributed by atoms with Crippen molar-refractivity contribution < 1.29 is 9.13 Å². The van der Waals surface area contributed by atoms with Gasteiger partial charge in [0.15, 0.2) is 0 Å². The zero-order valence-electron chi connectivity index (χ0n) is 5.77. The van der Waals surface area contributed by atoms with Crippen LogP contribution in [0.1, 0.15) is 19.8 Å². The Balaban J connectivity index is 2.75. The Kier molecular flexibility index (Phi) is 5.88. The number of hydrogen-bond donors (Lipinski definition) is 1. The van der Waals surface area contributed by atoms with Gasteiger partial charge in [-0.05, 0) is 19.8 Å². The Labute approximate surface area is 55.2 Å². The Morgan fingerprint density at radius 3 is 2.78 bits per heavy atom. The highest BCUT2D eigenvalue weighted by molar-refractivity contribution is 4.45. The molecule has 1 unspecified atom stereocenters. The molecule has 0 aliphatic heterocycles. The van der Waals surface area contributed by atoms with Gasteiger partial charge in [-0.15, -0.1) is 0 Å². The molecule has 0 amide bonds. The Bertz CT molecular complexity index is 59.0. The Morgan fingerprint density at radius 1 is 1.67 bits per heavy atom. The van der Waals surface area contributed by atoms with E-state index in [9.17, 15) is 4.39 Å². The summed E-state index contributed by atoms with van der Waals surface area (Å²) in [5.41, 5.74) is 5.03. The maximum absolute atomic E-state index is 12.0. The number of halogens is 1. The van der Waals surface area contributed by atoms with Gasteiger partial charge in [-0.3, -0.25) is 0 Å². The van der Waals surface area contributed by atoms with Crippen molar-refractivity contribution in [3.8, 4) is 0 Å². The molecule has 0 rings (SSSR count). The van der Waals surface area contributed by atoms with E-state index in [4.69, 9.17) is 10.5 Å². The zero-order chi connectivity index (χ0) is 7.11. The van der Waals surface area contributed by atoms with Crippen molar-refractivity contribution in [2.45, 2.75) is 25.9 Å². The van der Waals surface area contributed by atoms with E-state index in [0.29, 0.717) is 13.0 Å². The van der Waals surface area contributed by atoms with Gasteiger partial charge in [-0.1, -0.05) is 0 Å². The van der Waals surface area contributed by atoms with Crippen LogP contribution in [0.25, 0.3) is 0 Å². The maximum atomic E-state index is 12.0. The van der Waals surface area contributed by atoms with Gasteiger partial charge in [0.2, 0.25) is 0 Å². The van der Waals surface area contributed by atoms with E-state index in [1.54, 1.807) is 6.92 Å². The monoisotopic (exact) mass is 135 g/mol. The predicted octanol–water partition coefficient (Wildman–Crippen LogP) is 1.06. The Hall–Kier alpha value is -0.150. The first-order valence-corrected chi connectivity index (χ1v) is 3.19. The van der Waals surface area contributed by atoms with Crippen LogP contribution in [0.15, 0.2) is 0 Å². The largest absolute Gasteiger partial charge is 0.367 e. The molecule has 0 fully saturated rings. The van der Waals surface area contributed by atoms with Crippen LogP contribution >= 0.6 is 0 Å². The van der Waals surface area contributed by atoms with Gasteiger partial charge in [-0.2, -0.15) is 0 Å². The molecule has 0 aromatic carbocycles. The molecule has 56 valence electrons. The first kappa shape index (κ1) is 8.85. The van der Waals surface area contributed by atoms with Crippen LogP contribution in [0.3, 0.4) is 0 Å². The quantitative estimate of drug-likeness (QED) is 0.452. The third-order valence-electron chi connectivity index (χ3n) is 1.01. The molecule has 2 nitrogen and oxygen atoms in total. The number of ether oxygens (including phenoxy) is 1. The van der Waals surface area contributed by atoms with Crippen LogP contribution in [-0.4, -0.2) is 19.5 Å². The first-order valence-electron chi connectivity index (χ1n) is 3.19. The average molecular weight is 135 g/mol. The third kappa shape index (κ3) is 7.85. The number of hydrogen-bond acceptors (Lipinski definition) is 2. The van der Waals surface area contributed by atoms with E-state index in [0.717, 1.165) is 6.42 Å². The molecule has 0 spiro atoms. The molecule has 9 heavy (non-hydrogen) atoms. The van der Waals surface area contributed by atoms with E-state index in [2.05, 4.69) is 0 Å². The molecule has 0 aromatic heterocycles. The van der Waals surface area contributed by atoms with Crippen molar-refractivity contribution in [1.29, 1.82) is 0 Å². The highest BCUT2D eigenvalue weighted by Crippen LogP contribution is 1.99. The summed E-state index contributed by atoms with van der Waals surface area (Å²) in [6.45, 7) is 2.36. The molecule has 0 radical (unpaired) electrons. The number of nitrogens with two attached hydrogens (primary N) is 1. The second-order valence-corrected chi connectivity index (χ2v) is 2.00. The fourth-order valence-electron chi connectivity index (χ4n) is 0.550. The summed E-state index contributed by atoms with van der Waals surface area (Å²) in [5, 5.41) is 0. The minimum Gasteiger partial charge on any atom is -0.367 e. The predicted molar refractivity (Wildman–Crippen MR) is 34.8 cm³/mol. The molecular weight excluding hydrogens is 121 g/mol. The lowest BCUT2D eigenvalue weighted by Crippen LogP contribution is -2.06. The van der Waals surface area contributed by atoms with Crippen LogP contribution in [0, 0.1) is 0 Å². The summed E-state index contributed by atoms with van der Waals surface area (Å²) in [6.07, 6.45) is 0.612. The van der Waals surface area contributed by atoms with Crippen molar-refractivity contribution >= 4 is 0 Å². The van der Waals surface area contributed by atoms with Gasteiger partial charge in [0.25, 0.3) is 0 Å². The van der Waals surface area contributed by atoms with Gasteiger partial charge in [0, 0.05) is 6.61 Å². The van der Waals surface area contributed by atoms with Crippen LogP contribution in [0.4, 0.5) is 4.39 Å². The minimum atomic E-state index is -0.716. The van der Waals surface area contributed by atoms with E-state index in [1.807, 2.05) is 0 Å². The summed E-state index contributed by atoms with van der Waals surface area (Å²) in [4.78, 5) is 0. The number of alkyl halides is 1. The molecule has 0 bridgehead atoms. The van der Waals surface area contributed by atoms with Crippen molar-refractivity contribution in [3.05, 3.63) is 0 Å². The topological polar surface area (TPSA) is 35.2 Å². The zero-order valence-corrected chi connectivity index (χ0v) is 5.77. The van der Waals surface area contributed by atoms with Crippen LogP contribution in [-0.2, 0) is 4.74 Å². The van der Waals surface area contributed by atoms with Gasteiger partial charge >= 0.3 is 0 Å². The van der Waals surface area contributed by atoms with E-state index in [1.165, 1.54) is 0 Å². The fourth-order valence-corrected chi connectivity index (χ4v) is 0.550. The van der Waals surface area contributed by atoms with Gasteiger partial charge < -0.3 is 10.5 Å². The number of rotatable bonds is 5. The summed E-state index contributed by atoms with van der Waals surface area (Å²) in [6, 6.07) is 0. The van der Waals surface area contributed by atoms with Crippen molar-refractivity contribution in [3.63, 3.8) is 0 Å². The third-order valence-corrected chi connectivity index (χ3v) is 1.01. The minimum absolute atomic E-state index is 0.237. The van der Waals surface area contributed by atoms with Crippen LogP contribution in [0.5, 0.6) is 0 Å². The average Bonchev–Trinajstić information content (AvgIpc) is 1.80. The van der Waals surface area contributed by atoms with Crippen molar-refractivity contribution in [2.75, 3.05) is 13.3 Å². The molecule has 0 heterocycles. The second kappa shape index (κ2) is 5.98. The summed E-state index contributed by atoms with van der Waals surface area (Å²) in [7, 11) is 0. The van der Waals surface area contributed by atoms with Gasteiger partial charge in [-0.25, -0.2) is 4.39 Å². The maximum Gasteiger partial charge on any atom is 0.0974 e. The lowest BCUT2D eigenvalue weighted by molar-refractivity contribution is 0.131. The first-order chi connectivity index (χ1) is 4.27. The SMILES string of the molecule is CC(F)CCCOCN. The van der Waals surface area contributed by atoms with Crippen molar-refractivity contribution in [2.24, 2.45) is 5.73 Å². The molecule has 0 saturated heterocycles. The Morgan fingerprint density at radius 2 is 2.33 bits per heavy atom. The highest BCUT2D eigenvalue weighted by atomic mass is 19.1. The molecule has 0 aliphatic carbocycles. The van der Waals surface area contributed by atoms with E-state index >= 15 is 0 Å². The van der Waals surface area contributed by atoms with Gasteiger partial charge in [0.05, 0.1) is 12.9 Å². The van der Waals surface area contributed by atoms with E-state index < -0.39 is 6.17 Å². The lowest BCUT2D eigenvalue weighted by Gasteiger charge is -2.00. The molecular formula is C6H14FNO. The van der Waals surface area contributed by atoms with E-state index in [-0.39, 0.29) is 6.73 Å². The normalized spacial score (nSPS) is 13.7. The van der Waals surface area contributed by atoms with Crippen molar-refractivity contribution in [1.82, 2.24) is 0 Å². The molecule has 0 aromatic rings. The molecule has 0 aliphatic rings. The molecule has 2 N–H and O–H groups in total. The fraction of sp³-hybridized carbons (Fsp3) is 1.00. The lowest BCUT2D eigenvalue weighted by atomic mass is 10.2.